The summed E-state index contributed by atoms with van der Waals surface area (Å²) >= 11 is 1.76. The van der Waals surface area contributed by atoms with E-state index in [2.05, 4.69) is 26.6 Å². The van der Waals surface area contributed by atoms with Gasteiger partial charge in [0.25, 0.3) is 0 Å². The Morgan fingerprint density at radius 2 is 2.38 bits per heavy atom. The lowest BCUT2D eigenvalue weighted by molar-refractivity contribution is -0.153. The van der Waals surface area contributed by atoms with Crippen LogP contribution < -0.4 is 0 Å². The van der Waals surface area contributed by atoms with Gasteiger partial charge in [0.05, 0.1) is 17.7 Å². The summed E-state index contributed by atoms with van der Waals surface area (Å²) in [6.07, 6.45) is 4.67. The third-order valence-electron chi connectivity index (χ3n) is 4.15. The average Bonchev–Trinajstić information content (AvgIpc) is 3.15. The van der Waals surface area contributed by atoms with Crippen LogP contribution in [0.15, 0.2) is 36.5 Å². The molecule has 24 heavy (non-hydrogen) atoms. The van der Waals surface area contributed by atoms with Gasteiger partial charge in [-0.15, -0.1) is 0 Å². The van der Waals surface area contributed by atoms with Crippen molar-refractivity contribution in [2.24, 2.45) is 0 Å². The number of benzene rings is 1. The highest BCUT2D eigenvalue weighted by Crippen LogP contribution is 2.25. The summed E-state index contributed by atoms with van der Waals surface area (Å²) < 4.78 is 10.9. The molecule has 1 aromatic heterocycles. The molecule has 1 saturated heterocycles. The minimum absolute atomic E-state index is 0.0398. The molecule has 3 atom stereocenters. The zero-order chi connectivity index (χ0) is 16.8. The van der Waals surface area contributed by atoms with Crippen LogP contribution in [0.2, 0.25) is 0 Å². The fourth-order valence-electron chi connectivity index (χ4n) is 2.92. The quantitative estimate of drug-likeness (QED) is 0.409. The number of pyridine rings is 1. The van der Waals surface area contributed by atoms with E-state index in [1.807, 2.05) is 24.4 Å². The Balaban J connectivity index is 1.61. The number of carbonyl (C=O) groups is 1. The van der Waals surface area contributed by atoms with Crippen LogP contribution in [0.25, 0.3) is 10.9 Å². The van der Waals surface area contributed by atoms with E-state index >= 15 is 0 Å². The second-order valence-electron chi connectivity index (χ2n) is 5.74. The third-order valence-corrected chi connectivity index (χ3v) is 5.51. The van der Waals surface area contributed by atoms with Crippen molar-refractivity contribution < 1.29 is 14.2 Å². The largest absolute Gasteiger partial charge is 0.376 e. The summed E-state index contributed by atoms with van der Waals surface area (Å²) in [7, 11) is 2.14. The highest BCUT2D eigenvalue weighted by molar-refractivity contribution is 7.98. The van der Waals surface area contributed by atoms with Crippen LogP contribution in [-0.4, -0.2) is 41.0 Å². The number of fused-ring (bicyclic) bond motifs is 1. The summed E-state index contributed by atoms with van der Waals surface area (Å²) in [5.41, 5.74) is 2.18. The second-order valence-corrected chi connectivity index (χ2v) is 6.98. The van der Waals surface area contributed by atoms with E-state index in [-0.39, 0.29) is 12.1 Å². The maximum Gasteiger partial charge on any atom is 0.233 e. The van der Waals surface area contributed by atoms with Crippen molar-refractivity contribution in [3.8, 4) is 0 Å². The number of hydrogen-bond acceptors (Lipinski definition) is 5. The van der Waals surface area contributed by atoms with Gasteiger partial charge in [0.15, 0.2) is 0 Å². The average molecular weight is 364 g/mol. The molecule has 3 unspecified atom stereocenters. The minimum atomic E-state index is -0.0825. The first-order chi connectivity index (χ1) is 11.8. The molecular weight excluding hydrogens is 343 g/mol. The maximum absolute atomic E-state index is 11.2. The predicted octanol–water partition coefficient (Wildman–Crippen LogP) is 3.20. The number of aromatic nitrogens is 1. The maximum atomic E-state index is 11.2. The Labute approximate surface area is 148 Å². The molecule has 7 heteroatoms. The van der Waals surface area contributed by atoms with Gasteiger partial charge in [-0.2, -0.15) is 11.8 Å². The lowest BCUT2D eigenvalue weighted by Gasteiger charge is -2.29. The summed E-state index contributed by atoms with van der Waals surface area (Å²) in [6, 6.07) is 10.2. The van der Waals surface area contributed by atoms with E-state index in [1.54, 1.807) is 11.8 Å². The van der Waals surface area contributed by atoms with Gasteiger partial charge in [-0.25, -0.2) is 5.06 Å². The molecule has 0 saturated carbocycles. The molecule has 2 heterocycles. The van der Waals surface area contributed by atoms with Crippen LogP contribution in [0.1, 0.15) is 18.4 Å². The molecule has 2 aromatic rings. The fourth-order valence-corrected chi connectivity index (χ4v) is 4.25. The van der Waals surface area contributed by atoms with Gasteiger partial charge in [-0.05, 0) is 30.5 Å². The Kier molecular flexibility index (Phi) is 6.44. The molecule has 0 N–H and O–H groups in total. The van der Waals surface area contributed by atoms with E-state index < -0.39 is 0 Å². The monoisotopic (exact) mass is 364 g/mol. The van der Waals surface area contributed by atoms with Gasteiger partial charge in [0.1, 0.15) is 0 Å². The van der Waals surface area contributed by atoms with Crippen molar-refractivity contribution in [1.29, 1.82) is 0 Å². The number of nitrogens with zero attached hydrogens (tertiary/aromatic N) is 2. The third kappa shape index (κ3) is 4.25. The first-order valence-corrected chi connectivity index (χ1v) is 9.58. The van der Waals surface area contributed by atoms with Crippen molar-refractivity contribution in [2.75, 3.05) is 12.4 Å². The molecular formula is C17H21N2O3PS. The minimum Gasteiger partial charge on any atom is -0.376 e. The SMILES string of the molecule is O=CN(OP)C(CSCc1cnc2ccccc2c1)C1CCCO1. The molecule has 1 aliphatic rings. The molecule has 0 aliphatic carbocycles. The number of para-hydroxylation sites is 1. The zero-order valence-electron chi connectivity index (χ0n) is 13.3. The number of ether oxygens (including phenoxy) is 1. The molecule has 0 spiro atoms. The van der Waals surface area contributed by atoms with Crippen LogP contribution >= 0.6 is 21.2 Å². The standard InChI is InChI=1S/C17H21N2O3PS/c20-12-19(22-23)16(17-6-3-7-21-17)11-24-10-13-8-14-4-1-2-5-15(14)18-9-13/h1-2,4-5,8-9,12,16-17H,3,6-7,10-11,23H2. The number of amides is 1. The summed E-state index contributed by atoms with van der Waals surface area (Å²) in [5, 5.41) is 2.49. The highest BCUT2D eigenvalue weighted by Gasteiger charge is 2.31. The van der Waals surface area contributed by atoms with Gasteiger partial charge in [0.2, 0.25) is 6.41 Å². The number of rotatable bonds is 8. The van der Waals surface area contributed by atoms with Gasteiger partial charge < -0.3 is 4.74 Å². The van der Waals surface area contributed by atoms with E-state index in [0.717, 1.165) is 48.3 Å². The molecule has 128 valence electrons. The molecule has 1 aliphatic heterocycles. The van der Waals surface area contributed by atoms with Gasteiger partial charge in [0, 0.05) is 39.2 Å². The predicted molar refractivity (Wildman–Crippen MR) is 99.4 cm³/mol. The molecule has 3 rings (SSSR count). The first-order valence-electron chi connectivity index (χ1n) is 7.95. The lowest BCUT2D eigenvalue weighted by Crippen LogP contribution is -2.43. The first kappa shape index (κ1) is 17.6. The Bertz CT molecular complexity index is 682. The normalized spacial score (nSPS) is 18.6. The summed E-state index contributed by atoms with van der Waals surface area (Å²) in [5.74, 6) is 1.59. The van der Waals surface area contributed by atoms with Crippen molar-refractivity contribution in [3.05, 3.63) is 42.1 Å². The van der Waals surface area contributed by atoms with Gasteiger partial charge in [-0.1, -0.05) is 18.2 Å². The Morgan fingerprint density at radius 1 is 1.50 bits per heavy atom. The molecule has 1 aromatic carbocycles. The lowest BCUT2D eigenvalue weighted by atomic mass is 10.1. The van der Waals surface area contributed by atoms with E-state index in [9.17, 15) is 4.79 Å². The van der Waals surface area contributed by atoms with E-state index in [4.69, 9.17) is 9.36 Å². The van der Waals surface area contributed by atoms with E-state index in [0.29, 0.717) is 0 Å². The fraction of sp³-hybridized carbons (Fsp3) is 0.412. The number of hydrogen-bond donors (Lipinski definition) is 0. The molecule has 0 bridgehead atoms. The molecule has 5 nitrogen and oxygen atoms in total. The van der Waals surface area contributed by atoms with Crippen molar-refractivity contribution >= 4 is 38.5 Å². The van der Waals surface area contributed by atoms with Crippen molar-refractivity contribution in [2.45, 2.75) is 30.7 Å². The van der Waals surface area contributed by atoms with Crippen molar-refractivity contribution in [1.82, 2.24) is 10.0 Å². The van der Waals surface area contributed by atoms with Crippen LogP contribution in [0, 0.1) is 0 Å². The van der Waals surface area contributed by atoms with Crippen LogP contribution in [0.3, 0.4) is 0 Å². The molecule has 1 amide bonds. The number of hydroxylamine groups is 2. The molecule has 0 radical (unpaired) electrons. The zero-order valence-corrected chi connectivity index (χ0v) is 15.3. The topological polar surface area (TPSA) is 51.7 Å². The Hall–Kier alpha value is -1.20. The summed E-state index contributed by atoms with van der Waals surface area (Å²) in [4.78, 5) is 15.7. The second kappa shape index (κ2) is 8.77. The molecule has 1 fully saturated rings. The van der Waals surface area contributed by atoms with Gasteiger partial charge in [-0.3, -0.25) is 14.4 Å². The van der Waals surface area contributed by atoms with Gasteiger partial charge >= 0.3 is 0 Å². The number of carbonyl (C=O) groups excluding carboxylic acids is 1. The smallest absolute Gasteiger partial charge is 0.233 e. The van der Waals surface area contributed by atoms with Crippen LogP contribution in [-0.2, 0) is 19.9 Å². The van der Waals surface area contributed by atoms with Crippen molar-refractivity contribution in [3.63, 3.8) is 0 Å². The number of thioether (sulfide) groups is 1. The van der Waals surface area contributed by atoms with E-state index in [1.165, 1.54) is 10.6 Å². The highest BCUT2D eigenvalue weighted by atomic mass is 32.2. The van der Waals surface area contributed by atoms with Crippen LogP contribution in [0.4, 0.5) is 0 Å². The van der Waals surface area contributed by atoms with Crippen LogP contribution in [0.5, 0.6) is 0 Å². The summed E-state index contributed by atoms with van der Waals surface area (Å²) in [6.45, 7) is 0.754. The Morgan fingerprint density at radius 3 is 3.12 bits per heavy atom.